The Kier molecular flexibility index (Phi) is 9.39. The minimum absolute atomic E-state index is 0.0816. The molecule has 0 heterocycles. The van der Waals surface area contributed by atoms with Crippen LogP contribution >= 0.6 is 0 Å². The van der Waals surface area contributed by atoms with Crippen LogP contribution in [0.4, 0.5) is 5.69 Å². The minimum atomic E-state index is -1.28. The van der Waals surface area contributed by atoms with Crippen molar-refractivity contribution in [3.8, 4) is 5.75 Å². The standard InChI is InChI=1S/C28H31N3O7/c1-16(2)15-38-24-13-20(9-10-22(24)30-27(35)21(29)14-25(32)33)26(34)31-23(28(36)37)12-17-7-8-18-5-3-4-6-19(18)11-17/h3-11,13,16,21,23H,12,14-15,29H2,1-2H3,(H,30,35)(H,31,34)(H,32,33)(H,36,37)/t21-,23-/m0/s1. The molecule has 0 saturated heterocycles. The first kappa shape index (κ1) is 28.1. The van der Waals surface area contributed by atoms with Gasteiger partial charge in [-0.1, -0.05) is 56.3 Å². The van der Waals surface area contributed by atoms with Crippen molar-refractivity contribution in [3.05, 3.63) is 71.8 Å². The van der Waals surface area contributed by atoms with E-state index in [9.17, 15) is 24.3 Å². The molecule has 0 spiro atoms. The summed E-state index contributed by atoms with van der Waals surface area (Å²) in [4.78, 5) is 48.2. The van der Waals surface area contributed by atoms with Crippen molar-refractivity contribution in [2.24, 2.45) is 11.7 Å². The average molecular weight is 522 g/mol. The molecule has 6 N–H and O–H groups in total. The summed E-state index contributed by atoms with van der Waals surface area (Å²) in [5.41, 5.74) is 6.73. The van der Waals surface area contributed by atoms with Crippen LogP contribution in [0.25, 0.3) is 10.8 Å². The molecule has 38 heavy (non-hydrogen) atoms. The molecule has 2 amide bonds. The Labute approximate surface area is 219 Å². The average Bonchev–Trinajstić information content (AvgIpc) is 2.86. The minimum Gasteiger partial charge on any atom is -0.491 e. The van der Waals surface area contributed by atoms with E-state index in [4.69, 9.17) is 15.6 Å². The zero-order chi connectivity index (χ0) is 27.8. The maximum absolute atomic E-state index is 13.0. The van der Waals surface area contributed by atoms with Crippen LogP contribution in [0.5, 0.6) is 5.75 Å². The Balaban J connectivity index is 1.79. The lowest BCUT2D eigenvalue weighted by Gasteiger charge is -2.18. The van der Waals surface area contributed by atoms with Crippen LogP contribution in [0.1, 0.15) is 36.2 Å². The molecule has 0 radical (unpaired) electrons. The maximum Gasteiger partial charge on any atom is 0.326 e. The number of carboxylic acid groups (broad SMARTS) is 2. The summed E-state index contributed by atoms with van der Waals surface area (Å²) in [6.07, 6.45) is -0.472. The van der Waals surface area contributed by atoms with Crippen LogP contribution in [0.2, 0.25) is 0 Å². The lowest BCUT2D eigenvalue weighted by Crippen LogP contribution is -2.42. The molecule has 0 aromatic heterocycles. The van der Waals surface area contributed by atoms with E-state index in [2.05, 4.69) is 10.6 Å². The first-order valence-corrected chi connectivity index (χ1v) is 12.1. The van der Waals surface area contributed by atoms with E-state index in [0.717, 1.165) is 16.3 Å². The number of benzene rings is 3. The molecule has 0 saturated carbocycles. The highest BCUT2D eigenvalue weighted by Crippen LogP contribution is 2.27. The molecule has 0 unspecified atom stereocenters. The van der Waals surface area contributed by atoms with Crippen molar-refractivity contribution in [1.82, 2.24) is 5.32 Å². The normalized spacial score (nSPS) is 12.5. The van der Waals surface area contributed by atoms with Gasteiger partial charge < -0.3 is 31.3 Å². The number of anilines is 1. The molecular weight excluding hydrogens is 490 g/mol. The largest absolute Gasteiger partial charge is 0.491 e. The van der Waals surface area contributed by atoms with Crippen molar-refractivity contribution in [2.45, 2.75) is 38.8 Å². The summed E-state index contributed by atoms with van der Waals surface area (Å²) in [5.74, 6) is -3.45. The second kappa shape index (κ2) is 12.7. The molecule has 0 aliphatic carbocycles. The molecule has 3 rings (SSSR count). The third kappa shape index (κ3) is 7.78. The van der Waals surface area contributed by atoms with Crippen molar-refractivity contribution < 1.29 is 34.1 Å². The molecule has 200 valence electrons. The van der Waals surface area contributed by atoms with E-state index >= 15 is 0 Å². The predicted molar refractivity (Wildman–Crippen MR) is 142 cm³/mol. The number of nitrogens with one attached hydrogen (secondary N) is 2. The molecule has 3 aromatic carbocycles. The van der Waals surface area contributed by atoms with Gasteiger partial charge in [-0.3, -0.25) is 14.4 Å². The second-order valence-electron chi connectivity index (χ2n) is 9.36. The predicted octanol–water partition coefficient (Wildman–Crippen LogP) is 3.04. The maximum atomic E-state index is 13.0. The molecule has 2 atom stereocenters. The lowest BCUT2D eigenvalue weighted by atomic mass is 10.0. The number of carboxylic acids is 2. The van der Waals surface area contributed by atoms with E-state index in [1.807, 2.05) is 56.3 Å². The Morgan fingerprint density at radius 2 is 1.66 bits per heavy atom. The number of amides is 2. The van der Waals surface area contributed by atoms with Gasteiger partial charge in [0.1, 0.15) is 11.8 Å². The summed E-state index contributed by atoms with van der Waals surface area (Å²) in [6.45, 7) is 4.11. The van der Waals surface area contributed by atoms with E-state index in [1.54, 1.807) is 0 Å². The first-order chi connectivity index (χ1) is 18.0. The number of nitrogens with two attached hydrogens (primary N) is 1. The van der Waals surface area contributed by atoms with Crippen LogP contribution in [0.15, 0.2) is 60.7 Å². The molecule has 3 aromatic rings. The fraction of sp³-hybridized carbons (Fsp3) is 0.286. The molecular formula is C28H31N3O7. The van der Waals surface area contributed by atoms with Gasteiger partial charge in [0.2, 0.25) is 5.91 Å². The van der Waals surface area contributed by atoms with E-state index in [-0.39, 0.29) is 35.9 Å². The number of fused-ring (bicyclic) bond motifs is 1. The molecule has 0 fully saturated rings. The third-order valence-electron chi connectivity index (χ3n) is 5.66. The molecule has 10 heteroatoms. The van der Waals surface area contributed by atoms with Crippen molar-refractivity contribution >= 4 is 40.2 Å². The first-order valence-electron chi connectivity index (χ1n) is 12.1. The van der Waals surface area contributed by atoms with Gasteiger partial charge in [0.05, 0.1) is 24.8 Å². The number of carbonyl (C=O) groups excluding carboxylic acids is 2. The Hall–Kier alpha value is -4.44. The molecule has 0 bridgehead atoms. The van der Waals surface area contributed by atoms with Gasteiger partial charge in [0.25, 0.3) is 5.91 Å². The van der Waals surface area contributed by atoms with E-state index in [1.165, 1.54) is 18.2 Å². The molecule has 10 nitrogen and oxygen atoms in total. The fourth-order valence-electron chi connectivity index (χ4n) is 3.69. The Morgan fingerprint density at radius 1 is 0.947 bits per heavy atom. The fourth-order valence-corrected chi connectivity index (χ4v) is 3.69. The Morgan fingerprint density at radius 3 is 2.32 bits per heavy atom. The van der Waals surface area contributed by atoms with Gasteiger partial charge in [-0.25, -0.2) is 4.79 Å². The number of rotatable bonds is 12. The van der Waals surface area contributed by atoms with Gasteiger partial charge in [0, 0.05) is 12.0 Å². The number of hydrogen-bond acceptors (Lipinski definition) is 6. The number of carbonyl (C=O) groups is 4. The van der Waals surface area contributed by atoms with Crippen LogP contribution < -0.4 is 21.1 Å². The van der Waals surface area contributed by atoms with E-state index in [0.29, 0.717) is 0 Å². The highest BCUT2D eigenvalue weighted by atomic mass is 16.5. The van der Waals surface area contributed by atoms with Crippen molar-refractivity contribution in [1.29, 1.82) is 0 Å². The van der Waals surface area contributed by atoms with Gasteiger partial charge in [0.15, 0.2) is 0 Å². The van der Waals surface area contributed by atoms with Crippen LogP contribution in [-0.4, -0.2) is 52.7 Å². The molecule has 0 aliphatic heterocycles. The lowest BCUT2D eigenvalue weighted by molar-refractivity contribution is -0.139. The van der Waals surface area contributed by atoms with Crippen LogP contribution in [-0.2, 0) is 20.8 Å². The second-order valence-corrected chi connectivity index (χ2v) is 9.36. The highest BCUT2D eigenvalue weighted by Gasteiger charge is 2.23. The third-order valence-corrected chi connectivity index (χ3v) is 5.66. The zero-order valence-corrected chi connectivity index (χ0v) is 21.1. The van der Waals surface area contributed by atoms with Gasteiger partial charge >= 0.3 is 11.9 Å². The van der Waals surface area contributed by atoms with Crippen LogP contribution in [0.3, 0.4) is 0 Å². The van der Waals surface area contributed by atoms with Crippen LogP contribution in [0, 0.1) is 5.92 Å². The molecule has 0 aliphatic rings. The van der Waals surface area contributed by atoms with Crippen molar-refractivity contribution in [2.75, 3.05) is 11.9 Å². The van der Waals surface area contributed by atoms with Gasteiger partial charge in [-0.05, 0) is 40.5 Å². The Bertz CT molecular complexity index is 1340. The van der Waals surface area contributed by atoms with Crippen molar-refractivity contribution in [3.63, 3.8) is 0 Å². The summed E-state index contributed by atoms with van der Waals surface area (Å²) in [5, 5.41) is 25.7. The topological polar surface area (TPSA) is 168 Å². The number of hydrogen-bond donors (Lipinski definition) is 5. The monoisotopic (exact) mass is 521 g/mol. The highest BCUT2D eigenvalue weighted by molar-refractivity contribution is 6.00. The summed E-state index contributed by atoms with van der Waals surface area (Å²) in [6, 6.07) is 15.1. The smallest absolute Gasteiger partial charge is 0.326 e. The van der Waals surface area contributed by atoms with Gasteiger partial charge in [-0.2, -0.15) is 0 Å². The summed E-state index contributed by atoms with van der Waals surface area (Å²) in [7, 11) is 0. The zero-order valence-electron chi connectivity index (χ0n) is 21.1. The SMILES string of the molecule is CC(C)COc1cc(C(=O)N[C@@H](Cc2ccc3ccccc3c2)C(=O)O)ccc1NC(=O)[C@@H](N)CC(=O)O. The van der Waals surface area contributed by atoms with Gasteiger partial charge in [-0.15, -0.1) is 0 Å². The number of aliphatic carboxylic acids is 2. The van der Waals surface area contributed by atoms with E-state index < -0.39 is 42.3 Å². The summed E-state index contributed by atoms with van der Waals surface area (Å²) < 4.78 is 5.77. The number of ether oxygens (including phenoxy) is 1. The summed E-state index contributed by atoms with van der Waals surface area (Å²) >= 11 is 0. The quantitative estimate of drug-likeness (QED) is 0.242.